The fourth-order valence-corrected chi connectivity index (χ4v) is 2.85. The van der Waals surface area contributed by atoms with Gasteiger partial charge in [0.05, 0.1) is 24.8 Å². The largest absolute Gasteiger partial charge is 0.480 e. The van der Waals surface area contributed by atoms with Crippen LogP contribution in [0, 0.1) is 0 Å². The van der Waals surface area contributed by atoms with E-state index in [1.165, 1.54) is 38.9 Å². The van der Waals surface area contributed by atoms with Crippen molar-refractivity contribution in [2.75, 3.05) is 0 Å². The summed E-state index contributed by atoms with van der Waals surface area (Å²) in [6, 6.07) is -4.86. The van der Waals surface area contributed by atoms with Gasteiger partial charge < -0.3 is 41.9 Å². The van der Waals surface area contributed by atoms with Crippen molar-refractivity contribution in [2.24, 2.45) is 5.73 Å². The summed E-state index contributed by atoms with van der Waals surface area (Å²) < 4.78 is 0. The summed E-state index contributed by atoms with van der Waals surface area (Å²) in [6.45, 7) is 2.50. The highest BCUT2D eigenvalue weighted by Gasteiger charge is 2.32. The number of rotatable bonds is 12. The van der Waals surface area contributed by atoms with E-state index in [1.54, 1.807) is 0 Å². The average molecular weight is 464 g/mol. The number of aliphatic hydroxyl groups excluding tert-OH is 1. The van der Waals surface area contributed by atoms with E-state index >= 15 is 0 Å². The molecule has 33 heavy (non-hydrogen) atoms. The van der Waals surface area contributed by atoms with Crippen LogP contribution in [0.1, 0.15) is 25.2 Å². The molecule has 0 aliphatic rings. The number of carbonyl (C=O) groups is 4. The van der Waals surface area contributed by atoms with Crippen molar-refractivity contribution < 1.29 is 29.4 Å². The Morgan fingerprint density at radius 3 is 2.00 bits per heavy atom. The van der Waals surface area contributed by atoms with Crippen molar-refractivity contribution in [3.05, 3.63) is 36.4 Å². The molecule has 2 aromatic rings. The normalized spacial score (nSPS) is 15.5. The highest BCUT2D eigenvalue weighted by Crippen LogP contribution is 2.04. The Bertz CT molecular complexity index is 930. The number of aromatic nitrogens is 4. The lowest BCUT2D eigenvalue weighted by Gasteiger charge is -2.26. The summed E-state index contributed by atoms with van der Waals surface area (Å²) in [5.41, 5.74) is 7.09. The van der Waals surface area contributed by atoms with Crippen molar-refractivity contribution in [1.29, 1.82) is 0 Å². The minimum Gasteiger partial charge on any atom is -0.480 e. The summed E-state index contributed by atoms with van der Waals surface area (Å²) >= 11 is 0. The Morgan fingerprint density at radius 2 is 1.52 bits per heavy atom. The minimum absolute atomic E-state index is 0.00592. The second-order valence-corrected chi connectivity index (χ2v) is 7.52. The summed E-state index contributed by atoms with van der Waals surface area (Å²) in [5.74, 6) is -3.58. The summed E-state index contributed by atoms with van der Waals surface area (Å²) in [4.78, 5) is 62.3. The number of hydrogen-bond donors (Lipinski definition) is 8. The Morgan fingerprint density at radius 1 is 0.939 bits per heavy atom. The number of imidazole rings is 2. The van der Waals surface area contributed by atoms with Gasteiger partial charge in [0.2, 0.25) is 17.7 Å². The van der Waals surface area contributed by atoms with Gasteiger partial charge in [-0.05, 0) is 13.8 Å². The van der Waals surface area contributed by atoms with E-state index in [9.17, 15) is 24.3 Å². The van der Waals surface area contributed by atoms with Crippen LogP contribution in [0.3, 0.4) is 0 Å². The first kappa shape index (κ1) is 25.5. The van der Waals surface area contributed by atoms with Gasteiger partial charge in [0.25, 0.3) is 0 Å². The molecule has 14 nitrogen and oxygen atoms in total. The van der Waals surface area contributed by atoms with Crippen molar-refractivity contribution in [2.45, 2.75) is 57.0 Å². The van der Waals surface area contributed by atoms with Gasteiger partial charge in [-0.25, -0.2) is 9.97 Å². The lowest BCUT2D eigenvalue weighted by atomic mass is 10.1. The molecule has 5 unspecified atom stereocenters. The number of nitrogens with two attached hydrogens (primary N) is 1. The molecule has 2 aromatic heterocycles. The number of carbonyl (C=O) groups excluding carboxylic acids is 3. The Kier molecular flexibility index (Phi) is 9.06. The molecule has 14 heteroatoms. The summed E-state index contributed by atoms with van der Waals surface area (Å²) in [7, 11) is 0. The molecular formula is C19H28N8O6. The van der Waals surface area contributed by atoms with Gasteiger partial charge in [-0.2, -0.15) is 0 Å². The lowest BCUT2D eigenvalue weighted by Crippen LogP contribution is -2.60. The number of amides is 3. The van der Waals surface area contributed by atoms with Crippen molar-refractivity contribution >= 4 is 23.7 Å². The first-order chi connectivity index (χ1) is 15.6. The third-order valence-corrected chi connectivity index (χ3v) is 4.74. The van der Waals surface area contributed by atoms with Crippen LogP contribution < -0.4 is 21.7 Å². The Balaban J connectivity index is 2.12. The summed E-state index contributed by atoms with van der Waals surface area (Å²) in [5, 5.41) is 26.0. The first-order valence-electron chi connectivity index (χ1n) is 10.1. The number of carboxylic acids is 1. The molecule has 3 amide bonds. The predicted octanol–water partition coefficient (Wildman–Crippen LogP) is -2.81. The zero-order valence-electron chi connectivity index (χ0n) is 18.1. The maximum Gasteiger partial charge on any atom is 0.325 e. The van der Waals surface area contributed by atoms with Crippen LogP contribution in [0.4, 0.5) is 0 Å². The number of carboxylic acid groups (broad SMARTS) is 1. The molecule has 0 aliphatic carbocycles. The molecule has 0 fully saturated rings. The predicted molar refractivity (Wildman–Crippen MR) is 113 cm³/mol. The molecule has 0 saturated heterocycles. The van der Waals surface area contributed by atoms with Crippen LogP contribution in [0.2, 0.25) is 0 Å². The quantitative estimate of drug-likeness (QED) is 0.162. The van der Waals surface area contributed by atoms with Gasteiger partial charge in [0.15, 0.2) is 0 Å². The van der Waals surface area contributed by atoms with E-state index in [-0.39, 0.29) is 12.8 Å². The van der Waals surface area contributed by atoms with Gasteiger partial charge in [0.1, 0.15) is 18.1 Å². The fraction of sp³-hybridized carbons (Fsp3) is 0.474. The van der Waals surface area contributed by atoms with Gasteiger partial charge in [-0.1, -0.05) is 0 Å². The first-order valence-corrected chi connectivity index (χ1v) is 10.1. The highest BCUT2D eigenvalue weighted by molar-refractivity contribution is 5.94. The smallest absolute Gasteiger partial charge is 0.325 e. The van der Waals surface area contributed by atoms with Crippen LogP contribution in [-0.2, 0) is 32.0 Å². The molecule has 2 rings (SSSR count). The molecule has 0 bridgehead atoms. The van der Waals surface area contributed by atoms with Crippen LogP contribution in [0.5, 0.6) is 0 Å². The summed E-state index contributed by atoms with van der Waals surface area (Å²) in [6.07, 6.45) is 4.62. The third-order valence-electron chi connectivity index (χ3n) is 4.74. The number of nitrogens with zero attached hydrogens (tertiary/aromatic N) is 2. The van der Waals surface area contributed by atoms with Crippen molar-refractivity contribution in [1.82, 2.24) is 35.9 Å². The van der Waals surface area contributed by atoms with E-state index in [1.807, 2.05) is 0 Å². The molecule has 2 heterocycles. The topological polar surface area (TPSA) is 228 Å². The average Bonchev–Trinajstić information content (AvgIpc) is 3.44. The Labute approximate surface area is 188 Å². The number of aromatic amines is 2. The van der Waals surface area contributed by atoms with E-state index in [2.05, 4.69) is 35.9 Å². The molecule has 0 aromatic carbocycles. The number of H-pyrrole nitrogens is 2. The molecule has 0 spiro atoms. The van der Waals surface area contributed by atoms with E-state index in [0.717, 1.165) is 0 Å². The fourth-order valence-electron chi connectivity index (χ4n) is 2.85. The monoisotopic (exact) mass is 464 g/mol. The molecule has 9 N–H and O–H groups in total. The van der Waals surface area contributed by atoms with E-state index < -0.39 is 54.0 Å². The molecule has 0 radical (unpaired) electrons. The third kappa shape index (κ3) is 7.69. The lowest BCUT2D eigenvalue weighted by molar-refractivity contribution is -0.142. The molecule has 0 aliphatic heterocycles. The van der Waals surface area contributed by atoms with Crippen molar-refractivity contribution in [3.63, 3.8) is 0 Å². The SMILES string of the molecule is CC(NC(=O)C(NC(=O)C(Cc1cnc[nH]1)NC(=O)C(N)Cc1cnc[nH]1)C(C)O)C(=O)O. The second-order valence-electron chi connectivity index (χ2n) is 7.52. The standard InChI is InChI=1S/C19H28N8O6/c1-9(19(32)33)25-18(31)15(10(2)28)27-17(30)14(4-12-6-22-8-24-12)26-16(29)13(20)3-11-5-21-7-23-11/h5-10,13-15,28H,3-4,20H2,1-2H3,(H,21,23)(H,22,24)(H,25,31)(H,26,29)(H,27,30)(H,32,33). The van der Waals surface area contributed by atoms with Crippen LogP contribution in [-0.4, -0.2) is 84.1 Å². The Hall–Kier alpha value is -3.78. The van der Waals surface area contributed by atoms with Crippen LogP contribution >= 0.6 is 0 Å². The van der Waals surface area contributed by atoms with Gasteiger partial charge in [-0.3, -0.25) is 19.2 Å². The number of aliphatic carboxylic acids is 1. The van der Waals surface area contributed by atoms with Crippen molar-refractivity contribution in [3.8, 4) is 0 Å². The van der Waals surface area contributed by atoms with Gasteiger partial charge >= 0.3 is 5.97 Å². The maximum absolute atomic E-state index is 13.0. The molecule has 180 valence electrons. The van der Waals surface area contributed by atoms with Crippen LogP contribution in [0.15, 0.2) is 25.0 Å². The van der Waals surface area contributed by atoms with Gasteiger partial charge in [0, 0.05) is 36.6 Å². The van der Waals surface area contributed by atoms with E-state index in [0.29, 0.717) is 11.4 Å². The number of aliphatic hydroxyl groups is 1. The van der Waals surface area contributed by atoms with Gasteiger partial charge in [-0.15, -0.1) is 0 Å². The van der Waals surface area contributed by atoms with E-state index in [4.69, 9.17) is 10.8 Å². The zero-order chi connectivity index (χ0) is 24.5. The van der Waals surface area contributed by atoms with Crippen LogP contribution in [0.25, 0.3) is 0 Å². The zero-order valence-corrected chi connectivity index (χ0v) is 18.1. The number of nitrogens with one attached hydrogen (secondary N) is 5. The molecular weight excluding hydrogens is 436 g/mol. The second kappa shape index (κ2) is 11.7. The number of hydrogen-bond acceptors (Lipinski definition) is 8. The molecule has 0 saturated carbocycles. The minimum atomic E-state index is -1.46. The molecule has 5 atom stereocenters. The highest BCUT2D eigenvalue weighted by atomic mass is 16.4. The maximum atomic E-state index is 13.0.